The third kappa shape index (κ3) is 1.90. The normalized spacial score (nSPS) is 9.92. The molecular weight excluding hydrogens is 164 g/mol. The smallest absolute Gasteiger partial charge is 0.290 e. The quantitative estimate of drug-likeness (QED) is 0.696. The second-order valence-electron chi connectivity index (χ2n) is 2.78. The first-order valence-corrected chi connectivity index (χ1v) is 4.14. The first kappa shape index (κ1) is 7.92. The summed E-state index contributed by atoms with van der Waals surface area (Å²) in [6.07, 6.45) is 0. The Morgan fingerprint density at radius 1 is 1.00 bits per heavy atom. The molecule has 0 radical (unpaired) electrons. The maximum Gasteiger partial charge on any atom is 0.290 e. The van der Waals surface area contributed by atoms with Crippen LogP contribution < -0.4 is 4.74 Å². The highest BCUT2D eigenvalue weighted by Crippen LogP contribution is 2.22. The van der Waals surface area contributed by atoms with Gasteiger partial charge in [0, 0.05) is 6.07 Å². The lowest BCUT2D eigenvalue weighted by Crippen LogP contribution is -1.79. The van der Waals surface area contributed by atoms with Crippen molar-refractivity contribution >= 4 is 0 Å². The first-order chi connectivity index (χ1) is 6.34. The van der Waals surface area contributed by atoms with E-state index in [1.54, 1.807) is 0 Å². The zero-order valence-corrected chi connectivity index (χ0v) is 7.36. The molecule has 2 heteroatoms. The number of aryl methyl sites for hydroxylation is 1. The van der Waals surface area contributed by atoms with Gasteiger partial charge in [0.1, 0.15) is 11.5 Å². The number of hydrogen-bond donors (Lipinski definition) is 0. The largest absolute Gasteiger partial charge is 0.431 e. The maximum atomic E-state index is 5.43. The van der Waals surface area contributed by atoms with Gasteiger partial charge in [-0.1, -0.05) is 18.2 Å². The minimum Gasteiger partial charge on any atom is -0.431 e. The molecule has 1 aromatic carbocycles. The van der Waals surface area contributed by atoms with E-state index in [2.05, 4.69) is 0 Å². The summed E-state index contributed by atoms with van der Waals surface area (Å²) in [5, 5.41) is 0. The monoisotopic (exact) mass is 174 g/mol. The number of para-hydroxylation sites is 1. The molecular formula is C11H10O2. The van der Waals surface area contributed by atoms with Crippen LogP contribution in [0, 0.1) is 6.92 Å². The summed E-state index contributed by atoms with van der Waals surface area (Å²) in [6, 6.07) is 13.2. The van der Waals surface area contributed by atoms with Crippen LogP contribution in [0.3, 0.4) is 0 Å². The van der Waals surface area contributed by atoms with Gasteiger partial charge in [0.2, 0.25) is 0 Å². The van der Waals surface area contributed by atoms with Crippen LogP contribution in [0.4, 0.5) is 0 Å². The number of benzene rings is 1. The molecule has 1 heterocycles. The number of ether oxygens (including phenoxy) is 1. The molecule has 0 saturated carbocycles. The van der Waals surface area contributed by atoms with Crippen molar-refractivity contribution in [2.24, 2.45) is 0 Å². The molecule has 0 bridgehead atoms. The Morgan fingerprint density at radius 2 is 1.77 bits per heavy atom. The van der Waals surface area contributed by atoms with Crippen molar-refractivity contribution in [3.63, 3.8) is 0 Å². The van der Waals surface area contributed by atoms with E-state index in [0.717, 1.165) is 11.5 Å². The maximum absolute atomic E-state index is 5.43. The van der Waals surface area contributed by atoms with Gasteiger partial charge >= 0.3 is 0 Å². The van der Waals surface area contributed by atoms with E-state index >= 15 is 0 Å². The van der Waals surface area contributed by atoms with Crippen LogP contribution >= 0.6 is 0 Å². The summed E-state index contributed by atoms with van der Waals surface area (Å²) in [7, 11) is 0. The number of furan rings is 1. The highest BCUT2D eigenvalue weighted by atomic mass is 16.6. The summed E-state index contributed by atoms with van der Waals surface area (Å²) >= 11 is 0. The highest BCUT2D eigenvalue weighted by Gasteiger charge is 1.99. The van der Waals surface area contributed by atoms with Gasteiger partial charge in [-0.25, -0.2) is 0 Å². The van der Waals surface area contributed by atoms with Gasteiger partial charge in [-0.05, 0) is 25.1 Å². The van der Waals surface area contributed by atoms with E-state index in [9.17, 15) is 0 Å². The molecule has 0 atom stereocenters. The molecule has 0 unspecified atom stereocenters. The van der Waals surface area contributed by atoms with Crippen molar-refractivity contribution in [3.05, 3.63) is 48.2 Å². The lowest BCUT2D eigenvalue weighted by molar-refractivity contribution is 0.338. The number of rotatable bonds is 2. The van der Waals surface area contributed by atoms with Crippen LogP contribution in [0.1, 0.15) is 5.76 Å². The Balaban J connectivity index is 2.15. The molecule has 0 N–H and O–H groups in total. The molecule has 2 nitrogen and oxygen atoms in total. The van der Waals surface area contributed by atoms with Crippen LogP contribution in [0.15, 0.2) is 46.9 Å². The molecule has 0 fully saturated rings. The first-order valence-electron chi connectivity index (χ1n) is 4.14. The topological polar surface area (TPSA) is 22.4 Å². The zero-order chi connectivity index (χ0) is 9.10. The Hall–Kier alpha value is -1.70. The molecule has 1 aromatic heterocycles. The summed E-state index contributed by atoms with van der Waals surface area (Å²) in [6.45, 7) is 1.89. The van der Waals surface area contributed by atoms with Crippen molar-refractivity contribution in [2.75, 3.05) is 0 Å². The lowest BCUT2D eigenvalue weighted by Gasteiger charge is -1.99. The minimum atomic E-state index is 0.531. The van der Waals surface area contributed by atoms with Crippen LogP contribution in [0.25, 0.3) is 0 Å². The second kappa shape index (κ2) is 3.35. The van der Waals surface area contributed by atoms with Crippen molar-refractivity contribution in [1.29, 1.82) is 0 Å². The SMILES string of the molecule is Cc1ccc(Oc2ccccc2)o1. The van der Waals surface area contributed by atoms with E-state index in [-0.39, 0.29) is 0 Å². The molecule has 66 valence electrons. The molecule has 0 saturated heterocycles. The predicted octanol–water partition coefficient (Wildman–Crippen LogP) is 3.38. The standard InChI is InChI=1S/C11H10O2/c1-9-7-8-11(12-9)13-10-5-3-2-4-6-10/h2-8H,1H3. The Bertz CT molecular complexity index is 376. The third-order valence-corrected chi connectivity index (χ3v) is 1.68. The highest BCUT2D eigenvalue weighted by molar-refractivity contribution is 5.25. The molecule has 0 amide bonds. The van der Waals surface area contributed by atoms with Crippen molar-refractivity contribution in [1.82, 2.24) is 0 Å². The summed E-state index contributed by atoms with van der Waals surface area (Å²) < 4.78 is 10.7. The molecule has 0 aliphatic rings. The molecule has 2 aromatic rings. The Morgan fingerprint density at radius 3 is 2.38 bits per heavy atom. The average Bonchev–Trinajstić information content (AvgIpc) is 2.53. The van der Waals surface area contributed by atoms with Gasteiger partial charge in [0.25, 0.3) is 5.95 Å². The van der Waals surface area contributed by atoms with E-state index in [0.29, 0.717) is 5.95 Å². The predicted molar refractivity (Wildman–Crippen MR) is 50.0 cm³/mol. The fourth-order valence-corrected chi connectivity index (χ4v) is 1.07. The number of hydrogen-bond acceptors (Lipinski definition) is 2. The van der Waals surface area contributed by atoms with E-state index < -0.39 is 0 Å². The molecule has 0 aliphatic carbocycles. The van der Waals surface area contributed by atoms with E-state index in [4.69, 9.17) is 9.15 Å². The zero-order valence-electron chi connectivity index (χ0n) is 7.36. The van der Waals surface area contributed by atoms with Crippen LogP contribution in [0.5, 0.6) is 11.7 Å². The molecule has 0 spiro atoms. The van der Waals surface area contributed by atoms with Crippen LogP contribution in [0.2, 0.25) is 0 Å². The van der Waals surface area contributed by atoms with Gasteiger partial charge in [0.05, 0.1) is 0 Å². The van der Waals surface area contributed by atoms with Gasteiger partial charge in [-0.3, -0.25) is 0 Å². The molecule has 13 heavy (non-hydrogen) atoms. The van der Waals surface area contributed by atoms with Gasteiger partial charge in [-0.15, -0.1) is 0 Å². The van der Waals surface area contributed by atoms with Gasteiger partial charge in [0.15, 0.2) is 0 Å². The van der Waals surface area contributed by atoms with Crippen molar-refractivity contribution in [3.8, 4) is 11.7 Å². The average molecular weight is 174 g/mol. The van der Waals surface area contributed by atoms with Crippen LogP contribution in [-0.2, 0) is 0 Å². The third-order valence-electron chi connectivity index (χ3n) is 1.68. The van der Waals surface area contributed by atoms with Gasteiger partial charge < -0.3 is 9.15 Å². The fourth-order valence-electron chi connectivity index (χ4n) is 1.07. The fraction of sp³-hybridized carbons (Fsp3) is 0.0909. The summed E-state index contributed by atoms with van der Waals surface area (Å²) in [5.41, 5.74) is 0. The van der Waals surface area contributed by atoms with Crippen LogP contribution in [-0.4, -0.2) is 0 Å². The Kier molecular flexibility index (Phi) is 2.04. The summed E-state index contributed by atoms with van der Waals surface area (Å²) in [5.74, 6) is 2.17. The lowest BCUT2D eigenvalue weighted by atomic mass is 10.3. The Labute approximate surface area is 76.8 Å². The molecule has 2 rings (SSSR count). The van der Waals surface area contributed by atoms with Crippen molar-refractivity contribution in [2.45, 2.75) is 6.92 Å². The van der Waals surface area contributed by atoms with Crippen molar-refractivity contribution < 1.29 is 9.15 Å². The minimum absolute atomic E-state index is 0.531. The molecule has 0 aliphatic heterocycles. The second-order valence-corrected chi connectivity index (χ2v) is 2.78. The van der Waals surface area contributed by atoms with E-state index in [1.165, 1.54) is 0 Å². The summed E-state index contributed by atoms with van der Waals surface area (Å²) in [4.78, 5) is 0. The van der Waals surface area contributed by atoms with Gasteiger partial charge in [-0.2, -0.15) is 0 Å². The van der Waals surface area contributed by atoms with E-state index in [1.807, 2.05) is 49.4 Å².